The molecule has 1 saturated heterocycles. The van der Waals surface area contributed by atoms with Crippen molar-refractivity contribution in [3.63, 3.8) is 0 Å². The Hall–Kier alpha value is -0.340. The van der Waals surface area contributed by atoms with Crippen LogP contribution in [0.15, 0.2) is 0 Å². The zero-order chi connectivity index (χ0) is 13.0. The van der Waals surface area contributed by atoms with Gasteiger partial charge in [0.15, 0.2) is 0 Å². The number of carboxylic acid groups (broad SMARTS) is 1. The van der Waals surface area contributed by atoms with Gasteiger partial charge in [-0.2, -0.15) is 0 Å². The number of aliphatic hydroxyl groups is 3. The molecule has 4 N–H and O–H groups in total. The first-order chi connectivity index (χ1) is 7.97. The minimum Gasteiger partial charge on any atom is -0.481 e. The minimum atomic E-state index is -1.11. The Morgan fingerprint density at radius 3 is 2.53 bits per heavy atom. The van der Waals surface area contributed by atoms with Crippen molar-refractivity contribution in [2.45, 2.75) is 37.1 Å². The number of carbonyl (C=O) groups is 1. The van der Waals surface area contributed by atoms with Crippen LogP contribution in [0.4, 0.5) is 0 Å². The molecular formula is C10H18O6S. The molecule has 0 saturated carbocycles. The molecule has 7 heteroatoms. The molecule has 0 radical (unpaired) electrons. The highest BCUT2D eigenvalue weighted by Gasteiger charge is 2.41. The Morgan fingerprint density at radius 1 is 1.35 bits per heavy atom. The lowest BCUT2D eigenvalue weighted by molar-refractivity contribution is -0.181. The average molecular weight is 266 g/mol. The summed E-state index contributed by atoms with van der Waals surface area (Å²) in [5.41, 5.74) is -0.412. The number of aliphatic carboxylic acids is 1. The summed E-state index contributed by atoms with van der Waals surface area (Å²) in [4.78, 5) is 10.4. The third-order valence-corrected chi connectivity index (χ3v) is 4.09. The van der Waals surface area contributed by atoms with Crippen LogP contribution in [0.3, 0.4) is 0 Å². The monoisotopic (exact) mass is 266 g/mol. The first-order valence-corrected chi connectivity index (χ1v) is 6.48. The second kappa shape index (κ2) is 6.55. The summed E-state index contributed by atoms with van der Waals surface area (Å²) in [6.45, 7) is 1.35. The smallest absolute Gasteiger partial charge is 0.304 e. The second-order valence-electron chi connectivity index (χ2n) is 4.08. The predicted octanol–water partition coefficient (Wildman–Crippen LogP) is -0.731. The summed E-state index contributed by atoms with van der Waals surface area (Å²) >= 11 is 1.27. The van der Waals surface area contributed by atoms with Crippen LogP contribution in [0.1, 0.15) is 13.3 Å². The van der Waals surface area contributed by atoms with Crippen LogP contribution < -0.4 is 0 Å². The third kappa shape index (κ3) is 3.82. The number of carboxylic acids is 1. The molecule has 0 aliphatic carbocycles. The van der Waals surface area contributed by atoms with E-state index in [1.165, 1.54) is 11.8 Å². The first kappa shape index (κ1) is 14.7. The van der Waals surface area contributed by atoms with E-state index >= 15 is 0 Å². The van der Waals surface area contributed by atoms with E-state index in [0.717, 1.165) is 0 Å². The van der Waals surface area contributed by atoms with Crippen molar-refractivity contribution in [2.24, 2.45) is 5.92 Å². The highest BCUT2D eigenvalue weighted by atomic mass is 32.2. The normalized spacial score (nSPS) is 38.0. The molecule has 0 aromatic heterocycles. The fourth-order valence-electron chi connectivity index (χ4n) is 1.67. The minimum absolute atomic E-state index is 0.0136. The SMILES string of the molecule is CC1[C@@H](O)[C@H](O)C(CO)O[C@H]1SCCC(=O)O. The van der Waals surface area contributed by atoms with Gasteiger partial charge in [0.05, 0.1) is 19.1 Å². The van der Waals surface area contributed by atoms with Crippen molar-refractivity contribution < 1.29 is 30.0 Å². The van der Waals surface area contributed by atoms with Crippen molar-refractivity contribution in [1.82, 2.24) is 0 Å². The van der Waals surface area contributed by atoms with Gasteiger partial charge in [-0.15, -0.1) is 11.8 Å². The Kier molecular flexibility index (Phi) is 5.68. The Bertz CT molecular complexity index is 259. The van der Waals surface area contributed by atoms with Crippen LogP contribution in [-0.4, -0.2) is 62.5 Å². The molecule has 1 fully saturated rings. The maximum atomic E-state index is 10.4. The Labute approximate surface area is 104 Å². The molecule has 6 nitrogen and oxygen atoms in total. The average Bonchev–Trinajstić information content (AvgIpc) is 2.29. The van der Waals surface area contributed by atoms with Gasteiger partial charge < -0.3 is 25.2 Å². The predicted molar refractivity (Wildman–Crippen MR) is 61.6 cm³/mol. The molecule has 1 heterocycles. The van der Waals surface area contributed by atoms with Crippen molar-refractivity contribution in [1.29, 1.82) is 0 Å². The van der Waals surface area contributed by atoms with Gasteiger partial charge in [-0.3, -0.25) is 4.79 Å². The first-order valence-electron chi connectivity index (χ1n) is 5.43. The summed E-state index contributed by atoms with van der Waals surface area (Å²) in [5.74, 6) is -0.836. The molecule has 0 amide bonds. The summed E-state index contributed by atoms with van der Waals surface area (Å²) in [6.07, 6.45) is -2.88. The highest BCUT2D eigenvalue weighted by molar-refractivity contribution is 7.99. The van der Waals surface area contributed by atoms with Crippen LogP contribution in [0.25, 0.3) is 0 Å². The summed E-state index contributed by atoms with van der Waals surface area (Å²) in [6, 6.07) is 0. The molecule has 0 aromatic carbocycles. The van der Waals surface area contributed by atoms with E-state index in [9.17, 15) is 15.0 Å². The molecular weight excluding hydrogens is 248 g/mol. The highest BCUT2D eigenvalue weighted by Crippen LogP contribution is 2.32. The van der Waals surface area contributed by atoms with Crippen LogP contribution >= 0.6 is 11.8 Å². The molecule has 1 aliphatic heterocycles. The van der Waals surface area contributed by atoms with E-state index in [2.05, 4.69) is 0 Å². The van der Waals surface area contributed by atoms with Crippen molar-refractivity contribution in [3.05, 3.63) is 0 Å². The zero-order valence-electron chi connectivity index (χ0n) is 9.52. The molecule has 1 aliphatic rings. The van der Waals surface area contributed by atoms with Crippen molar-refractivity contribution in [2.75, 3.05) is 12.4 Å². The number of hydrogen-bond donors (Lipinski definition) is 4. The standard InChI is InChI=1S/C10H18O6S/c1-5-8(14)9(15)6(4-11)16-10(5)17-3-2-7(12)13/h5-6,8-11,14-15H,2-4H2,1H3,(H,12,13)/t5?,6?,8-,9-,10+/m1/s1. The van der Waals surface area contributed by atoms with Crippen LogP contribution in [0.5, 0.6) is 0 Å². The van der Waals surface area contributed by atoms with E-state index < -0.39 is 29.7 Å². The summed E-state index contributed by atoms with van der Waals surface area (Å²) < 4.78 is 5.42. The van der Waals surface area contributed by atoms with Gasteiger partial charge in [-0.05, 0) is 0 Å². The van der Waals surface area contributed by atoms with E-state index in [4.69, 9.17) is 14.9 Å². The van der Waals surface area contributed by atoms with Gasteiger partial charge in [0, 0.05) is 11.7 Å². The van der Waals surface area contributed by atoms with Crippen LogP contribution in [-0.2, 0) is 9.53 Å². The molecule has 5 atom stereocenters. The third-order valence-electron chi connectivity index (χ3n) is 2.79. The summed E-state index contributed by atoms with van der Waals surface area (Å²) in [5, 5.41) is 36.9. The van der Waals surface area contributed by atoms with E-state index in [1.54, 1.807) is 6.92 Å². The van der Waals surface area contributed by atoms with Gasteiger partial charge in [0.2, 0.25) is 0 Å². The zero-order valence-corrected chi connectivity index (χ0v) is 10.3. The second-order valence-corrected chi connectivity index (χ2v) is 5.29. The number of rotatable bonds is 5. The summed E-state index contributed by atoms with van der Waals surface area (Å²) in [7, 11) is 0. The maximum Gasteiger partial charge on any atom is 0.304 e. The number of ether oxygens (including phenoxy) is 1. The maximum absolute atomic E-state index is 10.4. The van der Waals surface area contributed by atoms with Crippen LogP contribution in [0, 0.1) is 5.92 Å². The molecule has 2 unspecified atom stereocenters. The van der Waals surface area contributed by atoms with Crippen molar-refractivity contribution >= 4 is 17.7 Å². The molecule has 0 bridgehead atoms. The van der Waals surface area contributed by atoms with Gasteiger partial charge in [0.1, 0.15) is 17.6 Å². The topological polar surface area (TPSA) is 107 Å². The molecule has 17 heavy (non-hydrogen) atoms. The van der Waals surface area contributed by atoms with E-state index in [-0.39, 0.29) is 18.9 Å². The fraction of sp³-hybridized carbons (Fsp3) is 0.900. The lowest BCUT2D eigenvalue weighted by Gasteiger charge is -2.40. The molecule has 1 rings (SSSR count). The van der Waals surface area contributed by atoms with Gasteiger partial charge in [-0.1, -0.05) is 6.92 Å². The van der Waals surface area contributed by atoms with E-state index in [0.29, 0.717) is 5.75 Å². The molecule has 100 valence electrons. The Balaban J connectivity index is 2.50. The van der Waals surface area contributed by atoms with Gasteiger partial charge >= 0.3 is 5.97 Å². The van der Waals surface area contributed by atoms with Gasteiger partial charge in [-0.25, -0.2) is 0 Å². The van der Waals surface area contributed by atoms with Gasteiger partial charge in [0.25, 0.3) is 0 Å². The molecule has 0 spiro atoms. The quantitative estimate of drug-likeness (QED) is 0.519. The number of aliphatic hydroxyl groups excluding tert-OH is 3. The fourth-order valence-corrected chi connectivity index (χ4v) is 2.88. The van der Waals surface area contributed by atoms with E-state index in [1.807, 2.05) is 0 Å². The van der Waals surface area contributed by atoms with Crippen LogP contribution in [0.2, 0.25) is 0 Å². The van der Waals surface area contributed by atoms with Crippen molar-refractivity contribution in [3.8, 4) is 0 Å². The number of thioether (sulfide) groups is 1. The lowest BCUT2D eigenvalue weighted by Crippen LogP contribution is -2.53. The number of hydrogen-bond acceptors (Lipinski definition) is 6. The lowest BCUT2D eigenvalue weighted by atomic mass is 9.94. The largest absolute Gasteiger partial charge is 0.481 e. The Morgan fingerprint density at radius 2 is 2.00 bits per heavy atom. The molecule has 0 aromatic rings.